The third-order valence-electron chi connectivity index (χ3n) is 4.74. The van der Waals surface area contributed by atoms with Gasteiger partial charge < -0.3 is 44.5 Å². The van der Waals surface area contributed by atoms with Gasteiger partial charge in [-0.05, 0) is 24.3 Å². The highest BCUT2D eigenvalue weighted by atomic mass is 16.7. The first-order chi connectivity index (χ1) is 14.2. The summed E-state index contributed by atoms with van der Waals surface area (Å²) in [6, 6.07) is 7.27. The summed E-state index contributed by atoms with van der Waals surface area (Å²) >= 11 is 0. The maximum Gasteiger partial charge on any atom is 0.229 e. The maximum atomic E-state index is 11.7. The summed E-state index contributed by atoms with van der Waals surface area (Å²) in [5.41, 5.74) is -0.133. The lowest BCUT2D eigenvalue weighted by molar-refractivity contribution is -0.242. The average Bonchev–Trinajstić information content (AvgIpc) is 2.70. The second kappa shape index (κ2) is 7.50. The van der Waals surface area contributed by atoms with Crippen LogP contribution in [0, 0.1) is 0 Å². The molecule has 0 bridgehead atoms. The summed E-state index contributed by atoms with van der Waals surface area (Å²) < 4.78 is 16.6. The second-order valence-electron chi connectivity index (χ2n) is 6.87. The Bertz CT molecular complexity index is 1110. The van der Waals surface area contributed by atoms with E-state index in [0.29, 0.717) is 0 Å². The summed E-state index contributed by atoms with van der Waals surface area (Å²) in [6.07, 6.45) is -5.79. The predicted octanol–water partition coefficient (Wildman–Crippen LogP) is 0.346. The molecule has 0 aromatic heterocycles. The Morgan fingerprint density at radius 1 is 0.900 bits per heavy atom. The van der Waals surface area contributed by atoms with E-state index in [-0.39, 0.29) is 46.5 Å². The van der Waals surface area contributed by atoms with Crippen LogP contribution in [0.5, 0.6) is 23.0 Å². The van der Waals surface area contributed by atoms with Gasteiger partial charge in [0.25, 0.3) is 0 Å². The first-order valence-electron chi connectivity index (χ1n) is 8.90. The van der Waals surface area contributed by atoms with Crippen molar-refractivity contribution < 1.29 is 44.5 Å². The number of fused-ring (bicyclic) bond motifs is 1. The molecule has 1 aromatic carbocycles. The van der Waals surface area contributed by atoms with E-state index in [2.05, 4.69) is 0 Å². The number of hydrogen-bond acceptors (Lipinski definition) is 10. The van der Waals surface area contributed by atoms with Crippen LogP contribution in [0.4, 0.5) is 0 Å². The number of phenols is 3. The highest BCUT2D eigenvalue weighted by Crippen LogP contribution is 2.42. The molecule has 1 saturated heterocycles. The molecular weight excluding hydrogens is 400 g/mol. The lowest BCUT2D eigenvalue weighted by atomic mass is 10.0. The summed E-state index contributed by atoms with van der Waals surface area (Å²) in [5, 5.41) is 59.1. The molecule has 4 rings (SSSR count). The van der Waals surface area contributed by atoms with Crippen molar-refractivity contribution in [2.24, 2.45) is 0 Å². The zero-order valence-electron chi connectivity index (χ0n) is 15.3. The number of phenolic OH excluding ortho intramolecular Hbond substituents is 3. The minimum atomic E-state index is -1.59. The first-order valence-corrected chi connectivity index (χ1v) is 8.90. The van der Waals surface area contributed by atoms with Crippen molar-refractivity contribution in [2.45, 2.75) is 24.6 Å². The van der Waals surface area contributed by atoms with Crippen molar-refractivity contribution in [3.05, 3.63) is 46.6 Å². The second-order valence-corrected chi connectivity index (χ2v) is 6.87. The molecule has 1 aliphatic carbocycles. The summed E-state index contributed by atoms with van der Waals surface area (Å²) in [4.78, 5) is 11.7. The summed E-state index contributed by atoms with van der Waals surface area (Å²) in [7, 11) is 0. The van der Waals surface area contributed by atoms with Crippen molar-refractivity contribution >= 4 is 0 Å². The third-order valence-corrected chi connectivity index (χ3v) is 4.74. The molecular formula is C20H18O10. The van der Waals surface area contributed by atoms with Crippen LogP contribution in [0.2, 0.25) is 0 Å². The normalized spacial score (nSPS) is 24.1. The Hall–Kier alpha value is -3.31. The van der Waals surface area contributed by atoms with E-state index in [0.717, 1.165) is 12.1 Å². The smallest absolute Gasteiger partial charge is 0.229 e. The van der Waals surface area contributed by atoms with Crippen molar-refractivity contribution in [3.8, 4) is 45.6 Å². The number of aromatic hydroxyl groups is 3. The number of hydrogen-bond donors (Lipinski definition) is 6. The zero-order valence-corrected chi connectivity index (χ0v) is 15.3. The number of aliphatic hydroxyl groups excluding tert-OH is 3. The van der Waals surface area contributed by atoms with Crippen LogP contribution in [-0.2, 0) is 4.74 Å². The first kappa shape index (κ1) is 20.0. The molecule has 1 aromatic rings. The molecule has 0 spiro atoms. The Kier molecular flexibility index (Phi) is 5.00. The Morgan fingerprint density at radius 2 is 1.67 bits per heavy atom. The van der Waals surface area contributed by atoms with Gasteiger partial charge in [0.1, 0.15) is 29.8 Å². The van der Waals surface area contributed by atoms with Crippen molar-refractivity contribution in [1.82, 2.24) is 0 Å². The van der Waals surface area contributed by atoms with Crippen LogP contribution in [0.15, 0.2) is 45.6 Å². The van der Waals surface area contributed by atoms with Crippen LogP contribution in [0.25, 0.3) is 22.6 Å². The van der Waals surface area contributed by atoms with E-state index in [9.17, 15) is 35.4 Å². The zero-order chi connectivity index (χ0) is 21.6. The average molecular weight is 418 g/mol. The van der Waals surface area contributed by atoms with Crippen molar-refractivity contribution in [2.75, 3.05) is 6.61 Å². The molecule has 158 valence electrons. The Morgan fingerprint density at radius 3 is 2.40 bits per heavy atom. The maximum absolute atomic E-state index is 11.7. The van der Waals surface area contributed by atoms with Crippen LogP contribution in [0.3, 0.4) is 0 Å². The van der Waals surface area contributed by atoms with Gasteiger partial charge in [0.15, 0.2) is 28.4 Å². The minimum absolute atomic E-state index is 0.0146. The van der Waals surface area contributed by atoms with E-state index < -0.39 is 35.8 Å². The molecule has 30 heavy (non-hydrogen) atoms. The molecule has 3 aliphatic rings. The van der Waals surface area contributed by atoms with Gasteiger partial charge in [-0.3, -0.25) is 4.79 Å². The monoisotopic (exact) mass is 418 g/mol. The van der Waals surface area contributed by atoms with Crippen LogP contribution < -0.4 is 10.2 Å². The van der Waals surface area contributed by atoms with Gasteiger partial charge in [-0.25, -0.2) is 0 Å². The molecule has 0 saturated carbocycles. The van der Waals surface area contributed by atoms with E-state index >= 15 is 0 Å². The van der Waals surface area contributed by atoms with E-state index in [1.54, 1.807) is 0 Å². The molecule has 10 nitrogen and oxygen atoms in total. The Balaban J connectivity index is 1.85. The predicted molar refractivity (Wildman–Crippen MR) is 100 cm³/mol. The topological polar surface area (TPSA) is 170 Å². The summed E-state index contributed by atoms with van der Waals surface area (Å²) in [5.74, 6) is -1.23. The SMILES string of the molecule is O=c1cc2oc(-c3ccc(O)c(O)c3)c(O[C@H]3OC[C@@H](O)[C@@H](O)[C@@H]3O)cc-2c(O)c1. The van der Waals surface area contributed by atoms with Gasteiger partial charge >= 0.3 is 0 Å². The molecule has 4 atom stereocenters. The third kappa shape index (κ3) is 3.53. The molecule has 10 heteroatoms. The van der Waals surface area contributed by atoms with Gasteiger partial charge in [0.05, 0.1) is 12.2 Å². The van der Waals surface area contributed by atoms with Gasteiger partial charge in [-0.2, -0.15) is 0 Å². The van der Waals surface area contributed by atoms with Crippen LogP contribution >= 0.6 is 0 Å². The highest BCUT2D eigenvalue weighted by molar-refractivity contribution is 5.75. The van der Waals surface area contributed by atoms with Gasteiger partial charge in [-0.1, -0.05) is 0 Å². The largest absolute Gasteiger partial charge is 0.507 e. The fourth-order valence-electron chi connectivity index (χ4n) is 3.14. The molecule has 2 aliphatic heterocycles. The van der Waals surface area contributed by atoms with Crippen molar-refractivity contribution in [1.29, 1.82) is 0 Å². The molecule has 0 radical (unpaired) electrons. The molecule has 1 fully saturated rings. The highest BCUT2D eigenvalue weighted by Gasteiger charge is 2.39. The Labute approximate surface area is 168 Å². The van der Waals surface area contributed by atoms with Gasteiger partial charge in [-0.15, -0.1) is 0 Å². The fourth-order valence-corrected chi connectivity index (χ4v) is 3.14. The van der Waals surface area contributed by atoms with E-state index in [1.165, 1.54) is 24.3 Å². The minimum Gasteiger partial charge on any atom is -0.507 e. The molecule has 0 amide bonds. The van der Waals surface area contributed by atoms with E-state index in [1.807, 2.05) is 0 Å². The quantitative estimate of drug-likeness (QED) is 0.326. The molecule has 2 heterocycles. The van der Waals surface area contributed by atoms with Crippen LogP contribution in [-0.4, -0.2) is 61.8 Å². The lowest BCUT2D eigenvalue weighted by Crippen LogP contribution is -2.54. The standard InChI is InChI=1S/C20H18O10/c21-9-4-12(23)10-6-16(30-20-18(27)17(26)14(25)7-28-20)19(29-15(10)5-9)8-1-2-11(22)13(24)3-8/h1-6,14,17-18,20,22-27H,7H2/t14-,17-,18+,20-/m1/s1. The number of aliphatic hydroxyl groups is 3. The van der Waals surface area contributed by atoms with Crippen LogP contribution in [0.1, 0.15) is 0 Å². The van der Waals surface area contributed by atoms with Gasteiger partial charge in [0, 0.05) is 17.7 Å². The summed E-state index contributed by atoms with van der Waals surface area (Å²) in [6.45, 7) is -0.298. The molecule has 6 N–H and O–H groups in total. The van der Waals surface area contributed by atoms with Gasteiger partial charge in [0.2, 0.25) is 6.29 Å². The number of benzene rings is 2. The van der Waals surface area contributed by atoms with E-state index in [4.69, 9.17) is 13.9 Å². The molecule has 0 unspecified atom stereocenters. The van der Waals surface area contributed by atoms with Crippen molar-refractivity contribution in [3.63, 3.8) is 0 Å². The lowest BCUT2D eigenvalue weighted by Gasteiger charge is -2.35. The fraction of sp³-hybridized carbons (Fsp3) is 0.250. The number of rotatable bonds is 3. The number of ether oxygens (including phenoxy) is 2.